The van der Waals surface area contributed by atoms with Crippen LogP contribution >= 0.6 is 0 Å². The number of amides is 1. The molecule has 1 fully saturated rings. The quantitative estimate of drug-likeness (QED) is 0.710. The minimum Gasteiger partial charge on any atom is -0.355 e. The molecule has 1 aliphatic carbocycles. The van der Waals surface area contributed by atoms with E-state index in [1.165, 1.54) is 32.1 Å². The summed E-state index contributed by atoms with van der Waals surface area (Å²) < 4.78 is 0. The molecule has 1 rings (SSSR count). The third kappa shape index (κ3) is 5.52. The summed E-state index contributed by atoms with van der Waals surface area (Å²) in [5.41, 5.74) is 5.95. The highest BCUT2D eigenvalue weighted by molar-refractivity contribution is 5.75. The van der Waals surface area contributed by atoms with Crippen LogP contribution in [0.1, 0.15) is 71.6 Å². The van der Waals surface area contributed by atoms with Gasteiger partial charge in [-0.15, -0.1) is 0 Å². The molecule has 0 atom stereocenters. The number of hydrogen-bond donors (Lipinski definition) is 2. The molecule has 0 aromatic heterocycles. The van der Waals surface area contributed by atoms with E-state index in [1.54, 1.807) is 0 Å². The fraction of sp³-hybridized carbons (Fsp3) is 0.938. The van der Waals surface area contributed by atoms with Crippen molar-refractivity contribution in [2.45, 2.75) is 71.6 Å². The summed E-state index contributed by atoms with van der Waals surface area (Å²) in [6.45, 7) is 5.71. The third-order valence-corrected chi connectivity index (χ3v) is 5.10. The molecular weight excluding hydrogens is 236 g/mol. The first-order valence-corrected chi connectivity index (χ1v) is 8.12. The molecule has 1 aliphatic rings. The summed E-state index contributed by atoms with van der Waals surface area (Å²) in [4.78, 5) is 11.9. The van der Waals surface area contributed by atoms with E-state index in [1.807, 2.05) is 0 Å². The summed E-state index contributed by atoms with van der Waals surface area (Å²) in [7, 11) is 0. The largest absolute Gasteiger partial charge is 0.355 e. The predicted molar refractivity (Wildman–Crippen MR) is 80.9 cm³/mol. The predicted octanol–water partition coefficient (Wildman–Crippen LogP) is 3.23. The summed E-state index contributed by atoms with van der Waals surface area (Å²) in [6.07, 6.45) is 10.6. The van der Waals surface area contributed by atoms with Crippen LogP contribution in [-0.2, 0) is 4.79 Å². The Hall–Kier alpha value is -0.570. The Balaban J connectivity index is 2.23. The van der Waals surface area contributed by atoms with Crippen molar-refractivity contribution in [3.05, 3.63) is 0 Å². The summed E-state index contributed by atoms with van der Waals surface area (Å²) in [6, 6.07) is 0. The van der Waals surface area contributed by atoms with Crippen molar-refractivity contribution in [2.75, 3.05) is 13.1 Å². The van der Waals surface area contributed by atoms with Crippen molar-refractivity contribution in [3.8, 4) is 0 Å². The zero-order chi connectivity index (χ0) is 14.1. The molecule has 0 aliphatic heterocycles. The van der Waals surface area contributed by atoms with Gasteiger partial charge in [-0.2, -0.15) is 0 Å². The van der Waals surface area contributed by atoms with Gasteiger partial charge in [0.2, 0.25) is 5.91 Å². The summed E-state index contributed by atoms with van der Waals surface area (Å²) in [5.74, 6) is 1.00. The third-order valence-electron chi connectivity index (χ3n) is 5.10. The Kier molecular flexibility index (Phi) is 7.44. The Bertz CT molecular complexity index is 247. The highest BCUT2D eigenvalue weighted by Gasteiger charge is 2.25. The van der Waals surface area contributed by atoms with Gasteiger partial charge in [-0.25, -0.2) is 0 Å². The fourth-order valence-corrected chi connectivity index (χ4v) is 3.05. The van der Waals surface area contributed by atoms with E-state index in [2.05, 4.69) is 19.2 Å². The van der Waals surface area contributed by atoms with Crippen LogP contribution in [0.3, 0.4) is 0 Å². The van der Waals surface area contributed by atoms with Crippen molar-refractivity contribution in [3.63, 3.8) is 0 Å². The van der Waals surface area contributed by atoms with Crippen LogP contribution < -0.4 is 11.1 Å². The van der Waals surface area contributed by atoms with Crippen molar-refractivity contribution in [1.29, 1.82) is 0 Å². The smallest absolute Gasteiger partial charge is 0.220 e. The summed E-state index contributed by atoms with van der Waals surface area (Å²) in [5, 5.41) is 3.10. The number of nitrogens with two attached hydrogens (primary N) is 1. The lowest BCUT2D eigenvalue weighted by Crippen LogP contribution is -2.41. The first-order valence-electron chi connectivity index (χ1n) is 8.12. The minimum atomic E-state index is 0.0977. The molecule has 0 spiro atoms. The molecule has 0 unspecified atom stereocenters. The molecule has 112 valence electrons. The topological polar surface area (TPSA) is 55.1 Å². The Morgan fingerprint density at radius 3 is 2.37 bits per heavy atom. The van der Waals surface area contributed by atoms with Gasteiger partial charge < -0.3 is 11.1 Å². The van der Waals surface area contributed by atoms with Crippen molar-refractivity contribution >= 4 is 5.91 Å². The van der Waals surface area contributed by atoms with Gasteiger partial charge in [-0.05, 0) is 37.1 Å². The van der Waals surface area contributed by atoms with Crippen molar-refractivity contribution < 1.29 is 4.79 Å². The van der Waals surface area contributed by atoms with E-state index in [4.69, 9.17) is 5.73 Å². The second-order valence-electron chi connectivity index (χ2n) is 6.23. The second kappa shape index (κ2) is 8.57. The zero-order valence-electron chi connectivity index (χ0n) is 12.8. The van der Waals surface area contributed by atoms with Gasteiger partial charge >= 0.3 is 0 Å². The maximum Gasteiger partial charge on any atom is 0.220 e. The maximum atomic E-state index is 11.9. The van der Waals surface area contributed by atoms with Crippen LogP contribution in [0, 0.1) is 11.3 Å². The first kappa shape index (κ1) is 16.5. The zero-order valence-corrected chi connectivity index (χ0v) is 12.8. The lowest BCUT2D eigenvalue weighted by atomic mass is 9.82. The second-order valence-corrected chi connectivity index (χ2v) is 6.23. The van der Waals surface area contributed by atoms with E-state index in [-0.39, 0.29) is 11.3 Å². The standard InChI is InChI=1S/C16H32N2O/c1-3-16(4-2,12-17)13-18-15(19)11-10-14-8-6-5-7-9-14/h14H,3-13,17H2,1-2H3,(H,18,19). The lowest BCUT2D eigenvalue weighted by molar-refractivity contribution is -0.122. The molecule has 0 heterocycles. The van der Waals surface area contributed by atoms with Gasteiger partial charge in [0.05, 0.1) is 0 Å². The lowest BCUT2D eigenvalue weighted by Gasteiger charge is -2.30. The molecule has 1 amide bonds. The Labute approximate surface area is 118 Å². The molecule has 19 heavy (non-hydrogen) atoms. The average Bonchev–Trinajstić information content (AvgIpc) is 2.48. The van der Waals surface area contributed by atoms with Gasteiger partial charge in [0.25, 0.3) is 0 Å². The number of hydrogen-bond acceptors (Lipinski definition) is 2. The van der Waals surface area contributed by atoms with Gasteiger partial charge in [0.15, 0.2) is 0 Å². The highest BCUT2D eigenvalue weighted by atomic mass is 16.1. The SMILES string of the molecule is CCC(CC)(CN)CNC(=O)CCC1CCCCC1. The monoisotopic (exact) mass is 268 g/mol. The number of nitrogens with one attached hydrogen (secondary N) is 1. The molecule has 0 saturated heterocycles. The molecule has 0 bridgehead atoms. The van der Waals surface area contributed by atoms with E-state index < -0.39 is 0 Å². The highest BCUT2D eigenvalue weighted by Crippen LogP contribution is 2.27. The van der Waals surface area contributed by atoms with Crippen molar-refractivity contribution in [1.82, 2.24) is 5.32 Å². The van der Waals surface area contributed by atoms with Crippen LogP contribution in [-0.4, -0.2) is 19.0 Å². The molecule has 3 nitrogen and oxygen atoms in total. The van der Waals surface area contributed by atoms with Gasteiger partial charge in [0.1, 0.15) is 0 Å². The van der Waals surface area contributed by atoms with Gasteiger partial charge in [0, 0.05) is 13.0 Å². The van der Waals surface area contributed by atoms with Crippen LogP contribution in [0.25, 0.3) is 0 Å². The van der Waals surface area contributed by atoms with E-state index >= 15 is 0 Å². The maximum absolute atomic E-state index is 11.9. The van der Waals surface area contributed by atoms with Crippen molar-refractivity contribution in [2.24, 2.45) is 17.1 Å². The molecular formula is C16H32N2O. The Morgan fingerprint density at radius 1 is 1.21 bits per heavy atom. The molecule has 3 N–H and O–H groups in total. The van der Waals surface area contributed by atoms with Crippen LogP contribution in [0.15, 0.2) is 0 Å². The van der Waals surface area contributed by atoms with E-state index in [0.29, 0.717) is 13.0 Å². The molecule has 0 aromatic rings. The van der Waals surface area contributed by atoms with Crippen LogP contribution in [0.5, 0.6) is 0 Å². The van der Waals surface area contributed by atoms with Gasteiger partial charge in [-0.3, -0.25) is 4.79 Å². The van der Waals surface area contributed by atoms with E-state index in [9.17, 15) is 4.79 Å². The first-order chi connectivity index (χ1) is 9.15. The number of rotatable bonds is 8. The Morgan fingerprint density at radius 2 is 1.84 bits per heavy atom. The van der Waals surface area contributed by atoms with Crippen LogP contribution in [0.4, 0.5) is 0 Å². The normalized spacial score (nSPS) is 17.4. The summed E-state index contributed by atoms with van der Waals surface area (Å²) >= 11 is 0. The minimum absolute atomic E-state index is 0.0977. The molecule has 1 saturated carbocycles. The molecule has 3 heteroatoms. The molecule has 0 radical (unpaired) electrons. The fourth-order valence-electron chi connectivity index (χ4n) is 3.05. The molecule has 0 aromatic carbocycles. The average molecular weight is 268 g/mol. The van der Waals surface area contributed by atoms with Gasteiger partial charge in [-0.1, -0.05) is 46.0 Å². The van der Waals surface area contributed by atoms with E-state index in [0.717, 1.165) is 31.7 Å². The number of carbonyl (C=O) groups is 1. The van der Waals surface area contributed by atoms with Crippen LogP contribution in [0.2, 0.25) is 0 Å². The number of carbonyl (C=O) groups excluding carboxylic acids is 1.